The second-order valence-electron chi connectivity index (χ2n) is 4.99. The van der Waals surface area contributed by atoms with E-state index in [0.29, 0.717) is 6.61 Å². The van der Waals surface area contributed by atoms with Gasteiger partial charge in [0.25, 0.3) is 0 Å². The predicted molar refractivity (Wildman–Crippen MR) is 97.0 cm³/mol. The monoisotopic (exact) mass is 395 g/mol. The number of halogens is 1. The fraction of sp³-hybridized carbons (Fsp3) is 0.333. The molecule has 1 atom stereocenters. The number of ether oxygens (including phenoxy) is 1. The summed E-state index contributed by atoms with van der Waals surface area (Å²) in [5.41, 5.74) is 3.76. The molecular weight excluding hydrogens is 373 g/mol. The minimum absolute atomic E-state index is 0.157. The van der Waals surface area contributed by atoms with Gasteiger partial charge in [-0.2, -0.15) is 0 Å². The van der Waals surface area contributed by atoms with E-state index >= 15 is 0 Å². The summed E-state index contributed by atoms with van der Waals surface area (Å²) < 4.78 is 7.11. The van der Waals surface area contributed by atoms with E-state index in [9.17, 15) is 0 Å². The Bertz CT molecular complexity index is 598. The average molecular weight is 395 g/mol. The fourth-order valence-corrected chi connectivity index (χ4v) is 3.18. The van der Waals surface area contributed by atoms with Gasteiger partial charge in [0.2, 0.25) is 0 Å². The molecular formula is C18H22INO. The molecule has 2 aromatic carbocycles. The van der Waals surface area contributed by atoms with Gasteiger partial charge in [-0.05, 0) is 60.7 Å². The van der Waals surface area contributed by atoms with Crippen molar-refractivity contribution in [2.24, 2.45) is 0 Å². The number of hydrogen-bond donors (Lipinski definition) is 1. The fourth-order valence-electron chi connectivity index (χ4n) is 2.48. The van der Waals surface area contributed by atoms with E-state index in [-0.39, 0.29) is 6.04 Å². The largest absolute Gasteiger partial charge is 0.494 e. The molecule has 21 heavy (non-hydrogen) atoms. The first-order chi connectivity index (χ1) is 10.2. The molecule has 2 nitrogen and oxygen atoms in total. The van der Waals surface area contributed by atoms with Crippen LogP contribution in [0.5, 0.6) is 5.75 Å². The number of aryl methyl sites for hydroxylation is 1. The van der Waals surface area contributed by atoms with Crippen molar-refractivity contribution in [2.75, 3.05) is 13.2 Å². The first-order valence-corrected chi connectivity index (χ1v) is 8.46. The van der Waals surface area contributed by atoms with Crippen LogP contribution in [0.4, 0.5) is 0 Å². The summed E-state index contributed by atoms with van der Waals surface area (Å²) in [6, 6.07) is 15.1. The maximum Gasteiger partial charge on any atom is 0.124 e. The molecule has 0 saturated carbocycles. The lowest BCUT2D eigenvalue weighted by Crippen LogP contribution is -2.23. The van der Waals surface area contributed by atoms with E-state index in [1.807, 2.05) is 6.92 Å². The predicted octanol–water partition coefficient (Wildman–Crippen LogP) is 4.70. The molecule has 0 aliphatic rings. The third-order valence-electron chi connectivity index (χ3n) is 3.40. The molecule has 1 unspecified atom stereocenters. The smallest absolute Gasteiger partial charge is 0.124 e. The van der Waals surface area contributed by atoms with Crippen LogP contribution in [0.15, 0.2) is 42.5 Å². The van der Waals surface area contributed by atoms with Crippen LogP contribution in [-0.4, -0.2) is 13.2 Å². The van der Waals surface area contributed by atoms with Gasteiger partial charge in [0.05, 0.1) is 12.6 Å². The van der Waals surface area contributed by atoms with E-state index in [1.165, 1.54) is 20.3 Å². The Morgan fingerprint density at radius 2 is 1.86 bits per heavy atom. The van der Waals surface area contributed by atoms with Gasteiger partial charge in [0.15, 0.2) is 0 Å². The van der Waals surface area contributed by atoms with Crippen LogP contribution in [0.3, 0.4) is 0 Å². The lowest BCUT2D eigenvalue weighted by atomic mass is 9.96. The zero-order valence-electron chi connectivity index (χ0n) is 12.8. The summed E-state index contributed by atoms with van der Waals surface area (Å²) in [7, 11) is 0. The van der Waals surface area contributed by atoms with E-state index in [2.05, 4.69) is 84.2 Å². The maximum atomic E-state index is 5.84. The number of benzene rings is 2. The molecule has 0 aromatic heterocycles. The Morgan fingerprint density at radius 3 is 2.52 bits per heavy atom. The number of rotatable bonds is 6. The van der Waals surface area contributed by atoms with Gasteiger partial charge in [-0.1, -0.05) is 42.8 Å². The molecule has 0 aliphatic heterocycles. The highest BCUT2D eigenvalue weighted by Crippen LogP contribution is 2.33. The highest BCUT2D eigenvalue weighted by atomic mass is 127. The minimum atomic E-state index is 0.157. The average Bonchev–Trinajstić information content (AvgIpc) is 2.48. The Labute approximate surface area is 141 Å². The van der Waals surface area contributed by atoms with Crippen molar-refractivity contribution in [2.45, 2.75) is 26.8 Å². The van der Waals surface area contributed by atoms with Gasteiger partial charge < -0.3 is 10.1 Å². The van der Waals surface area contributed by atoms with E-state index in [4.69, 9.17) is 4.74 Å². The third kappa shape index (κ3) is 3.98. The number of nitrogens with one attached hydrogen (secondary N) is 1. The zero-order chi connectivity index (χ0) is 15.2. The molecule has 2 aromatic rings. The van der Waals surface area contributed by atoms with Crippen LogP contribution >= 0.6 is 22.6 Å². The molecule has 0 heterocycles. The van der Waals surface area contributed by atoms with Crippen LogP contribution in [-0.2, 0) is 0 Å². The first-order valence-electron chi connectivity index (χ1n) is 7.38. The van der Waals surface area contributed by atoms with E-state index < -0.39 is 0 Å². The highest BCUT2D eigenvalue weighted by Gasteiger charge is 2.19. The molecule has 0 amide bonds. The molecule has 3 heteroatoms. The molecule has 0 fully saturated rings. The van der Waals surface area contributed by atoms with Crippen LogP contribution in [0.1, 0.15) is 36.6 Å². The van der Waals surface area contributed by atoms with Gasteiger partial charge in [-0.3, -0.25) is 0 Å². The van der Waals surface area contributed by atoms with Crippen molar-refractivity contribution < 1.29 is 4.74 Å². The molecule has 0 aliphatic carbocycles. The topological polar surface area (TPSA) is 21.3 Å². The second kappa shape index (κ2) is 7.80. The molecule has 2 rings (SSSR count). The highest BCUT2D eigenvalue weighted by molar-refractivity contribution is 14.1. The van der Waals surface area contributed by atoms with Crippen LogP contribution in [0.2, 0.25) is 0 Å². The van der Waals surface area contributed by atoms with Gasteiger partial charge in [0.1, 0.15) is 5.75 Å². The van der Waals surface area contributed by atoms with E-state index in [1.54, 1.807) is 0 Å². The maximum absolute atomic E-state index is 5.84. The third-order valence-corrected chi connectivity index (χ3v) is 4.38. The van der Waals surface area contributed by atoms with Gasteiger partial charge in [0, 0.05) is 9.13 Å². The van der Waals surface area contributed by atoms with Crippen molar-refractivity contribution in [3.05, 3.63) is 62.7 Å². The standard InChI is InChI=1S/C18H22INO/c1-4-20-18(14-8-6-7-9-16(14)19)15-12-13(3)10-11-17(15)21-5-2/h6-12,18,20H,4-5H2,1-3H3. The van der Waals surface area contributed by atoms with Crippen LogP contribution < -0.4 is 10.1 Å². The SMILES string of the molecule is CCNC(c1ccccc1I)c1cc(C)ccc1OCC. The zero-order valence-corrected chi connectivity index (χ0v) is 15.0. The molecule has 0 saturated heterocycles. The second-order valence-corrected chi connectivity index (χ2v) is 6.15. The van der Waals surface area contributed by atoms with Crippen molar-refractivity contribution >= 4 is 22.6 Å². The number of hydrogen-bond acceptors (Lipinski definition) is 2. The lowest BCUT2D eigenvalue weighted by molar-refractivity contribution is 0.333. The molecule has 1 N–H and O–H groups in total. The molecule has 112 valence electrons. The summed E-state index contributed by atoms with van der Waals surface area (Å²) in [5, 5.41) is 3.60. The summed E-state index contributed by atoms with van der Waals surface area (Å²) >= 11 is 2.40. The van der Waals surface area contributed by atoms with Crippen molar-refractivity contribution in [3.63, 3.8) is 0 Å². The minimum Gasteiger partial charge on any atom is -0.494 e. The molecule has 0 bridgehead atoms. The Kier molecular flexibility index (Phi) is 6.06. The van der Waals surface area contributed by atoms with Crippen molar-refractivity contribution in [1.29, 1.82) is 0 Å². The van der Waals surface area contributed by atoms with Gasteiger partial charge in [-0.25, -0.2) is 0 Å². The van der Waals surface area contributed by atoms with E-state index in [0.717, 1.165) is 12.3 Å². The molecule has 0 spiro atoms. The van der Waals surface area contributed by atoms with Crippen LogP contribution in [0, 0.1) is 10.5 Å². The quantitative estimate of drug-likeness (QED) is 0.717. The van der Waals surface area contributed by atoms with Crippen molar-refractivity contribution in [3.8, 4) is 5.75 Å². The van der Waals surface area contributed by atoms with Gasteiger partial charge >= 0.3 is 0 Å². The summed E-state index contributed by atoms with van der Waals surface area (Å²) in [4.78, 5) is 0. The Hall–Kier alpha value is -1.07. The summed E-state index contributed by atoms with van der Waals surface area (Å²) in [6.45, 7) is 7.88. The normalized spacial score (nSPS) is 12.2. The van der Waals surface area contributed by atoms with Crippen LogP contribution in [0.25, 0.3) is 0 Å². The first kappa shape index (κ1) is 16.3. The lowest BCUT2D eigenvalue weighted by Gasteiger charge is -2.23. The summed E-state index contributed by atoms with van der Waals surface area (Å²) in [5.74, 6) is 0.966. The van der Waals surface area contributed by atoms with Gasteiger partial charge in [-0.15, -0.1) is 0 Å². The molecule has 0 radical (unpaired) electrons. The Morgan fingerprint density at radius 1 is 1.10 bits per heavy atom. The van der Waals surface area contributed by atoms with Crippen molar-refractivity contribution in [1.82, 2.24) is 5.32 Å². The summed E-state index contributed by atoms with van der Waals surface area (Å²) in [6.07, 6.45) is 0. The Balaban J connectivity index is 2.52.